The van der Waals surface area contributed by atoms with Crippen molar-refractivity contribution in [3.8, 4) is 6.07 Å². The van der Waals surface area contributed by atoms with E-state index in [1.54, 1.807) is 0 Å². The van der Waals surface area contributed by atoms with Crippen LogP contribution >= 0.6 is 22.9 Å². The van der Waals surface area contributed by atoms with Crippen molar-refractivity contribution in [1.29, 1.82) is 5.26 Å². The zero-order chi connectivity index (χ0) is 11.8. The van der Waals surface area contributed by atoms with E-state index in [2.05, 4.69) is 24.1 Å². The molecule has 1 saturated carbocycles. The number of hydrogen-bond donors (Lipinski definition) is 1. The van der Waals surface area contributed by atoms with E-state index >= 15 is 0 Å². The fraction of sp³-hybridized carbons (Fsp3) is 0.636. The van der Waals surface area contributed by atoms with Crippen molar-refractivity contribution in [3.05, 3.63) is 10.0 Å². The second-order valence-electron chi connectivity index (χ2n) is 4.83. The van der Waals surface area contributed by atoms with Crippen LogP contribution in [0.3, 0.4) is 0 Å². The van der Waals surface area contributed by atoms with Crippen LogP contribution in [0.2, 0.25) is 5.15 Å². The Balaban J connectivity index is 2.12. The van der Waals surface area contributed by atoms with Crippen molar-refractivity contribution < 1.29 is 0 Å². The number of thiazole rings is 1. The molecule has 0 bridgehead atoms. The van der Waals surface area contributed by atoms with E-state index in [0.29, 0.717) is 21.5 Å². The summed E-state index contributed by atoms with van der Waals surface area (Å²) in [4.78, 5) is 4.65. The molecule has 0 amide bonds. The third-order valence-corrected chi connectivity index (χ3v) is 4.52. The molecule has 0 radical (unpaired) electrons. The molecule has 5 heteroatoms. The smallest absolute Gasteiger partial charge is 0.185 e. The molecule has 16 heavy (non-hydrogen) atoms. The van der Waals surface area contributed by atoms with Crippen LogP contribution in [0.5, 0.6) is 0 Å². The van der Waals surface area contributed by atoms with Gasteiger partial charge in [-0.25, -0.2) is 4.98 Å². The first-order valence-electron chi connectivity index (χ1n) is 5.36. The number of halogens is 1. The highest BCUT2D eigenvalue weighted by Gasteiger charge is 2.34. The molecule has 1 aliphatic rings. The molecule has 1 heterocycles. The zero-order valence-corrected chi connectivity index (χ0v) is 11.0. The summed E-state index contributed by atoms with van der Waals surface area (Å²) in [6.45, 7) is 4.52. The molecule has 1 fully saturated rings. The topological polar surface area (TPSA) is 48.7 Å². The number of nitrogens with zero attached hydrogens (tertiary/aromatic N) is 2. The van der Waals surface area contributed by atoms with E-state index in [1.807, 2.05) is 6.07 Å². The van der Waals surface area contributed by atoms with E-state index in [1.165, 1.54) is 24.2 Å². The van der Waals surface area contributed by atoms with Gasteiger partial charge in [0.25, 0.3) is 0 Å². The van der Waals surface area contributed by atoms with Gasteiger partial charge in [0, 0.05) is 6.04 Å². The van der Waals surface area contributed by atoms with Crippen molar-refractivity contribution in [3.63, 3.8) is 0 Å². The van der Waals surface area contributed by atoms with Crippen molar-refractivity contribution >= 4 is 28.1 Å². The zero-order valence-electron chi connectivity index (χ0n) is 9.38. The van der Waals surface area contributed by atoms with Crippen molar-refractivity contribution in [2.75, 3.05) is 5.32 Å². The number of aromatic nitrogens is 1. The molecule has 1 unspecified atom stereocenters. The molecule has 3 nitrogen and oxygen atoms in total. The molecule has 0 aliphatic heterocycles. The van der Waals surface area contributed by atoms with Crippen molar-refractivity contribution in [2.24, 2.45) is 5.41 Å². The Morgan fingerprint density at radius 3 is 2.88 bits per heavy atom. The lowest BCUT2D eigenvalue weighted by Crippen LogP contribution is -2.30. The minimum Gasteiger partial charge on any atom is -0.358 e. The second kappa shape index (κ2) is 4.23. The van der Waals surface area contributed by atoms with Crippen LogP contribution in [0, 0.1) is 16.7 Å². The number of anilines is 1. The third-order valence-electron chi connectivity index (χ3n) is 3.24. The van der Waals surface area contributed by atoms with Gasteiger partial charge in [-0.1, -0.05) is 43.2 Å². The molecule has 0 aromatic carbocycles. The van der Waals surface area contributed by atoms with Gasteiger partial charge in [0.05, 0.1) is 0 Å². The number of rotatable bonds is 2. The van der Waals surface area contributed by atoms with E-state index in [0.717, 1.165) is 11.6 Å². The summed E-state index contributed by atoms with van der Waals surface area (Å²) in [5.74, 6) is 0. The van der Waals surface area contributed by atoms with Gasteiger partial charge in [0.1, 0.15) is 10.9 Å². The summed E-state index contributed by atoms with van der Waals surface area (Å²) in [6, 6.07) is 2.48. The second-order valence-corrected chi connectivity index (χ2v) is 6.19. The fourth-order valence-electron chi connectivity index (χ4n) is 2.18. The molecule has 1 aromatic rings. The van der Waals surface area contributed by atoms with Crippen LogP contribution < -0.4 is 5.32 Å². The lowest BCUT2D eigenvalue weighted by Gasteiger charge is -2.27. The van der Waals surface area contributed by atoms with E-state index in [9.17, 15) is 0 Å². The van der Waals surface area contributed by atoms with Gasteiger partial charge < -0.3 is 5.32 Å². The van der Waals surface area contributed by atoms with E-state index in [4.69, 9.17) is 16.9 Å². The first-order chi connectivity index (χ1) is 7.53. The lowest BCUT2D eigenvalue weighted by atomic mass is 9.87. The molecule has 1 atom stereocenters. The minimum atomic E-state index is 0.297. The predicted octanol–water partition coefficient (Wildman–Crippen LogP) is 3.66. The lowest BCUT2D eigenvalue weighted by molar-refractivity contribution is 0.350. The SMILES string of the molecule is CC1(C)CCCC1Nc1nc(Cl)c(C#N)s1. The van der Waals surface area contributed by atoms with Gasteiger partial charge >= 0.3 is 0 Å². The van der Waals surface area contributed by atoms with Crippen LogP contribution in [0.15, 0.2) is 0 Å². The van der Waals surface area contributed by atoms with Gasteiger partial charge in [0.15, 0.2) is 10.3 Å². The highest BCUT2D eigenvalue weighted by molar-refractivity contribution is 7.16. The normalized spacial score (nSPS) is 23.0. The number of hydrogen-bond acceptors (Lipinski definition) is 4. The summed E-state index contributed by atoms with van der Waals surface area (Å²) in [5.41, 5.74) is 0.297. The van der Waals surface area contributed by atoms with Gasteiger partial charge in [-0.3, -0.25) is 0 Å². The molecular weight excluding hydrogens is 242 g/mol. The summed E-state index contributed by atoms with van der Waals surface area (Å²) in [6.07, 6.45) is 3.63. The van der Waals surface area contributed by atoms with Crippen molar-refractivity contribution in [2.45, 2.75) is 39.2 Å². The summed E-state index contributed by atoms with van der Waals surface area (Å²) in [5, 5.41) is 13.3. The molecule has 2 rings (SSSR count). The third kappa shape index (κ3) is 2.16. The maximum Gasteiger partial charge on any atom is 0.185 e. The average molecular weight is 256 g/mol. The van der Waals surface area contributed by atoms with Crippen LogP contribution in [0.25, 0.3) is 0 Å². The molecule has 1 aromatic heterocycles. The highest BCUT2D eigenvalue weighted by Crippen LogP contribution is 2.40. The molecular formula is C11H14ClN3S. The Labute approximate surface area is 104 Å². The minimum absolute atomic E-state index is 0.297. The summed E-state index contributed by atoms with van der Waals surface area (Å²) >= 11 is 7.17. The Kier molecular flexibility index (Phi) is 3.09. The predicted molar refractivity (Wildman–Crippen MR) is 66.9 cm³/mol. The Bertz CT molecular complexity index is 433. The van der Waals surface area contributed by atoms with Crippen molar-refractivity contribution in [1.82, 2.24) is 4.98 Å². The Morgan fingerprint density at radius 2 is 2.38 bits per heavy atom. The van der Waals surface area contributed by atoms with Gasteiger partial charge in [-0.15, -0.1) is 0 Å². The van der Waals surface area contributed by atoms with Gasteiger partial charge in [-0.05, 0) is 18.3 Å². The maximum atomic E-state index is 8.80. The van der Waals surface area contributed by atoms with Gasteiger partial charge in [0.2, 0.25) is 0 Å². The highest BCUT2D eigenvalue weighted by atomic mass is 35.5. The molecule has 1 aliphatic carbocycles. The Hall–Kier alpha value is -0.790. The largest absolute Gasteiger partial charge is 0.358 e. The van der Waals surface area contributed by atoms with E-state index in [-0.39, 0.29) is 0 Å². The van der Waals surface area contributed by atoms with E-state index < -0.39 is 0 Å². The standard InChI is InChI=1S/C11H14ClN3S/c1-11(2)5-3-4-8(11)14-10-15-9(12)7(6-13)16-10/h8H,3-5H2,1-2H3,(H,14,15). The number of nitrogens with one attached hydrogen (secondary N) is 1. The van der Waals surface area contributed by atoms with Crippen LogP contribution in [-0.2, 0) is 0 Å². The number of nitriles is 1. The summed E-state index contributed by atoms with van der Waals surface area (Å²) < 4.78 is 0. The summed E-state index contributed by atoms with van der Waals surface area (Å²) in [7, 11) is 0. The van der Waals surface area contributed by atoms with Gasteiger partial charge in [-0.2, -0.15) is 5.26 Å². The molecule has 1 N–H and O–H groups in total. The van der Waals surface area contributed by atoms with Crippen LogP contribution in [0.1, 0.15) is 38.0 Å². The fourth-order valence-corrected chi connectivity index (χ4v) is 3.18. The monoisotopic (exact) mass is 255 g/mol. The maximum absolute atomic E-state index is 8.80. The van der Waals surface area contributed by atoms with Crippen LogP contribution in [0.4, 0.5) is 5.13 Å². The van der Waals surface area contributed by atoms with Crippen LogP contribution in [-0.4, -0.2) is 11.0 Å². The average Bonchev–Trinajstić information content (AvgIpc) is 2.71. The quantitative estimate of drug-likeness (QED) is 0.877. The molecule has 0 spiro atoms. The first-order valence-corrected chi connectivity index (χ1v) is 6.55. The molecule has 0 saturated heterocycles. The molecule has 86 valence electrons. The Morgan fingerprint density at radius 1 is 1.62 bits per heavy atom. The first kappa shape index (κ1) is 11.7.